The van der Waals surface area contributed by atoms with Crippen LogP contribution >= 0.6 is 0 Å². The van der Waals surface area contributed by atoms with E-state index in [0.29, 0.717) is 36.9 Å². The predicted molar refractivity (Wildman–Crippen MR) is 143 cm³/mol. The molecule has 3 heterocycles. The van der Waals surface area contributed by atoms with Gasteiger partial charge in [-0.1, -0.05) is 6.07 Å². The highest BCUT2D eigenvalue weighted by molar-refractivity contribution is 6.02. The lowest BCUT2D eigenvalue weighted by molar-refractivity contribution is -0.137. The Labute approximate surface area is 235 Å². The number of nitrogens with zero attached hydrogens (tertiary/aromatic N) is 4. The number of rotatable bonds is 6. The van der Waals surface area contributed by atoms with Crippen LogP contribution in [-0.4, -0.2) is 57.7 Å². The van der Waals surface area contributed by atoms with Crippen molar-refractivity contribution in [3.8, 4) is 11.1 Å². The number of alkyl halides is 3. The summed E-state index contributed by atoms with van der Waals surface area (Å²) in [5.74, 6) is -2.30. The summed E-state index contributed by atoms with van der Waals surface area (Å²) < 4.78 is 74.7. The van der Waals surface area contributed by atoms with Crippen molar-refractivity contribution in [2.45, 2.75) is 25.1 Å². The number of urea groups is 1. The molecule has 1 aliphatic rings. The van der Waals surface area contributed by atoms with Crippen molar-refractivity contribution in [3.63, 3.8) is 0 Å². The number of aromatic nitrogens is 3. The zero-order valence-corrected chi connectivity index (χ0v) is 22.0. The monoisotopic (exact) mass is 589 g/mol. The Hall–Kier alpha value is -4.79. The molecule has 1 saturated heterocycles. The number of fused-ring (bicyclic) bond motifs is 1. The van der Waals surface area contributed by atoms with Gasteiger partial charge in [-0.05, 0) is 54.8 Å². The quantitative estimate of drug-likeness (QED) is 0.267. The molecule has 1 unspecified atom stereocenters. The lowest BCUT2D eigenvalue weighted by Gasteiger charge is -2.23. The largest absolute Gasteiger partial charge is 0.416 e. The molecule has 1 atom stereocenters. The van der Waals surface area contributed by atoms with Crippen LogP contribution < -0.4 is 16.4 Å². The van der Waals surface area contributed by atoms with Crippen molar-refractivity contribution in [1.82, 2.24) is 19.5 Å². The molecule has 0 aliphatic carbocycles. The van der Waals surface area contributed by atoms with Gasteiger partial charge in [-0.25, -0.2) is 23.1 Å². The van der Waals surface area contributed by atoms with Crippen LogP contribution in [0.2, 0.25) is 0 Å². The summed E-state index contributed by atoms with van der Waals surface area (Å²) in [6.45, 7) is 0.893. The number of anilines is 3. The molecule has 0 spiro atoms. The van der Waals surface area contributed by atoms with Gasteiger partial charge in [-0.2, -0.15) is 18.3 Å². The zero-order chi connectivity index (χ0) is 30.2. The molecule has 3 amide bonds. The number of hydrogen-bond donors (Lipinski definition) is 3. The van der Waals surface area contributed by atoms with Gasteiger partial charge in [-0.15, -0.1) is 0 Å². The van der Waals surface area contributed by atoms with Gasteiger partial charge in [0.25, 0.3) is 5.91 Å². The number of nitrogens with one attached hydrogen (secondary N) is 2. The van der Waals surface area contributed by atoms with E-state index in [1.807, 2.05) is 5.32 Å². The average Bonchev–Trinajstić information content (AvgIpc) is 3.56. The molecule has 0 bridgehead atoms. The number of nitrogen functional groups attached to an aromatic ring is 1. The smallest absolute Gasteiger partial charge is 0.383 e. The second-order valence-electron chi connectivity index (χ2n) is 9.57. The molecular weight excluding hydrogens is 565 g/mol. The molecule has 220 valence electrons. The van der Waals surface area contributed by atoms with Crippen LogP contribution in [0.25, 0.3) is 16.6 Å². The highest BCUT2D eigenvalue weighted by atomic mass is 19.4. The number of hydrogen-bond acceptors (Lipinski definition) is 6. The molecule has 1 fully saturated rings. The third-order valence-corrected chi connectivity index (χ3v) is 6.87. The Morgan fingerprint density at radius 3 is 2.55 bits per heavy atom. The lowest BCUT2D eigenvalue weighted by atomic mass is 10.1. The van der Waals surface area contributed by atoms with E-state index < -0.39 is 35.1 Å². The first-order chi connectivity index (χ1) is 20.0. The summed E-state index contributed by atoms with van der Waals surface area (Å²) in [6, 6.07) is 5.46. The van der Waals surface area contributed by atoms with E-state index in [1.54, 1.807) is 12.0 Å². The lowest BCUT2D eigenvalue weighted by Crippen LogP contribution is -2.38. The number of amides is 3. The summed E-state index contributed by atoms with van der Waals surface area (Å²) in [4.78, 5) is 31.6. The minimum Gasteiger partial charge on any atom is -0.383 e. The number of carbonyl (C=O) groups is 2. The van der Waals surface area contributed by atoms with Crippen molar-refractivity contribution >= 4 is 34.6 Å². The van der Waals surface area contributed by atoms with Gasteiger partial charge in [0.15, 0.2) is 5.82 Å². The van der Waals surface area contributed by atoms with Gasteiger partial charge in [0, 0.05) is 19.2 Å². The van der Waals surface area contributed by atoms with Crippen molar-refractivity contribution in [1.29, 1.82) is 0 Å². The van der Waals surface area contributed by atoms with Crippen molar-refractivity contribution in [3.05, 3.63) is 71.7 Å². The van der Waals surface area contributed by atoms with E-state index in [9.17, 15) is 27.2 Å². The van der Waals surface area contributed by atoms with Crippen LogP contribution in [0.5, 0.6) is 0 Å². The van der Waals surface area contributed by atoms with E-state index >= 15 is 4.39 Å². The van der Waals surface area contributed by atoms with E-state index in [0.717, 1.165) is 18.9 Å². The fourth-order valence-electron chi connectivity index (χ4n) is 4.91. The molecule has 2 aromatic carbocycles. The van der Waals surface area contributed by atoms with Gasteiger partial charge in [-0.3, -0.25) is 4.79 Å². The predicted octanol–water partition coefficient (Wildman–Crippen LogP) is 5.17. The van der Waals surface area contributed by atoms with Gasteiger partial charge < -0.3 is 26.0 Å². The minimum atomic E-state index is -4.76. The Bertz CT molecular complexity index is 1670. The zero-order valence-electron chi connectivity index (χ0n) is 22.0. The topological polar surface area (TPSA) is 127 Å². The van der Waals surface area contributed by atoms with Crippen LogP contribution in [0, 0.1) is 11.6 Å². The number of benzene rings is 2. The van der Waals surface area contributed by atoms with Crippen LogP contribution in [0.15, 0.2) is 48.8 Å². The summed E-state index contributed by atoms with van der Waals surface area (Å²) in [5, 5.41) is 8.29. The van der Waals surface area contributed by atoms with Crippen LogP contribution in [-0.2, 0) is 10.9 Å². The van der Waals surface area contributed by atoms with Gasteiger partial charge in [0.2, 0.25) is 0 Å². The first kappa shape index (κ1) is 28.7. The Kier molecular flexibility index (Phi) is 7.69. The summed E-state index contributed by atoms with van der Waals surface area (Å²) in [5.41, 5.74) is 4.93. The summed E-state index contributed by atoms with van der Waals surface area (Å²) >= 11 is 0. The van der Waals surface area contributed by atoms with E-state index in [4.69, 9.17) is 10.5 Å². The maximum Gasteiger partial charge on any atom is 0.416 e. The first-order valence-electron chi connectivity index (χ1n) is 12.6. The summed E-state index contributed by atoms with van der Waals surface area (Å²) in [6.07, 6.45) is -1.98. The van der Waals surface area contributed by atoms with Crippen molar-refractivity contribution < 1.29 is 36.3 Å². The van der Waals surface area contributed by atoms with Crippen LogP contribution in [0.1, 0.15) is 28.9 Å². The second kappa shape index (κ2) is 11.2. The van der Waals surface area contributed by atoms with E-state index in [1.165, 1.54) is 29.0 Å². The molecule has 5 rings (SSSR count). The average molecular weight is 590 g/mol. The standard InChI is InChI=1S/C27H24F5N7O3/c1-42-12-16-3-2-8-38(16)25(40)22-11-17(23-24(33)34-13-35-39(22)23)14-4-7-20(19(29)9-14)36-26(41)37-21-10-15(27(30,31)32)5-6-18(21)28/h4-7,9-11,13,16H,2-3,8,12H2,1H3,(H2,33,34,35)(H2,36,37,41). The number of nitrogens with two attached hydrogens (primary N) is 1. The maximum absolute atomic E-state index is 15.2. The minimum absolute atomic E-state index is 0.0408. The maximum atomic E-state index is 15.2. The summed E-state index contributed by atoms with van der Waals surface area (Å²) in [7, 11) is 1.56. The Balaban J connectivity index is 1.42. The van der Waals surface area contributed by atoms with Gasteiger partial charge >= 0.3 is 12.2 Å². The van der Waals surface area contributed by atoms with E-state index in [2.05, 4.69) is 15.4 Å². The first-order valence-corrected chi connectivity index (χ1v) is 12.6. The van der Waals surface area contributed by atoms with E-state index in [-0.39, 0.29) is 40.2 Å². The number of carbonyl (C=O) groups excluding carboxylic acids is 2. The molecule has 42 heavy (non-hydrogen) atoms. The second-order valence-corrected chi connectivity index (χ2v) is 9.57. The molecule has 4 aromatic rings. The molecule has 0 radical (unpaired) electrons. The highest BCUT2D eigenvalue weighted by Crippen LogP contribution is 2.34. The SMILES string of the molecule is COCC1CCCN1C(=O)c1cc(-c2ccc(NC(=O)Nc3cc(C(F)(F)F)ccc3F)c(F)c2)c2c(N)ncnn12. The van der Waals surface area contributed by atoms with Crippen molar-refractivity contribution in [2.75, 3.05) is 36.6 Å². The number of ether oxygens (including phenoxy) is 1. The molecule has 10 nitrogen and oxygen atoms in total. The molecule has 0 saturated carbocycles. The number of methoxy groups -OCH3 is 1. The van der Waals surface area contributed by atoms with Crippen molar-refractivity contribution in [2.24, 2.45) is 0 Å². The molecular formula is C27H24F5N7O3. The fraction of sp³-hybridized carbons (Fsp3) is 0.259. The fourth-order valence-corrected chi connectivity index (χ4v) is 4.91. The Morgan fingerprint density at radius 1 is 1.07 bits per heavy atom. The van der Waals surface area contributed by atoms with Crippen LogP contribution in [0.3, 0.4) is 0 Å². The highest BCUT2D eigenvalue weighted by Gasteiger charge is 2.33. The normalized spacial score (nSPS) is 15.3. The van der Waals surface area contributed by atoms with Gasteiger partial charge in [0.05, 0.1) is 29.6 Å². The molecule has 1 aliphatic heterocycles. The number of halogens is 5. The Morgan fingerprint density at radius 2 is 1.83 bits per heavy atom. The number of likely N-dealkylation sites (tertiary alicyclic amines) is 1. The third-order valence-electron chi connectivity index (χ3n) is 6.87. The third kappa shape index (κ3) is 5.54. The molecule has 2 aromatic heterocycles. The van der Waals surface area contributed by atoms with Crippen LogP contribution in [0.4, 0.5) is 43.9 Å². The molecule has 4 N–H and O–H groups in total. The van der Waals surface area contributed by atoms with Gasteiger partial charge in [0.1, 0.15) is 29.2 Å². The molecule has 15 heteroatoms.